The fourth-order valence-electron chi connectivity index (χ4n) is 1.38. The molecule has 1 N–H and O–H groups in total. The van der Waals surface area contributed by atoms with E-state index in [4.69, 9.17) is 11.6 Å². The molecule has 0 saturated carbocycles. The van der Waals surface area contributed by atoms with Gasteiger partial charge in [0.15, 0.2) is 0 Å². The van der Waals surface area contributed by atoms with Crippen molar-refractivity contribution in [2.75, 3.05) is 13.7 Å². The maximum absolute atomic E-state index is 11.0. The number of nitrogens with one attached hydrogen (secondary N) is 1. The number of ether oxygens (including phenoxy) is 1. The molecule has 1 unspecified atom stereocenters. The van der Waals surface area contributed by atoms with E-state index in [1.807, 2.05) is 25.1 Å². The fraction of sp³-hybridized carbons (Fsp3) is 0.417. The predicted octanol–water partition coefficient (Wildman–Crippen LogP) is 1.87. The van der Waals surface area contributed by atoms with Gasteiger partial charge in [0, 0.05) is 13.1 Å². The highest BCUT2D eigenvalue weighted by molar-refractivity contribution is 6.30. The number of esters is 1. The lowest BCUT2D eigenvalue weighted by molar-refractivity contribution is -0.140. The van der Waals surface area contributed by atoms with E-state index < -0.39 is 11.3 Å². The number of methoxy groups -OCH3 is 1. The second-order valence-electron chi connectivity index (χ2n) is 3.61. The average Bonchev–Trinajstić information content (AvgIpc) is 2.28. The Morgan fingerprint density at radius 1 is 1.56 bits per heavy atom. The summed E-state index contributed by atoms with van der Waals surface area (Å²) >= 11 is 5.79. The smallest absolute Gasteiger partial charge is 0.325 e. The van der Waals surface area contributed by atoms with E-state index >= 15 is 0 Å². The Morgan fingerprint density at radius 3 is 2.94 bits per heavy atom. The van der Waals surface area contributed by atoms with Gasteiger partial charge in [-0.15, -0.1) is 11.6 Å². The molecule has 0 spiro atoms. The lowest BCUT2D eigenvalue weighted by atomic mass is 10.1. The van der Waals surface area contributed by atoms with Crippen LogP contribution in [0.15, 0.2) is 24.3 Å². The SMILES string of the molecule is COC(=O)C(Cl)CNCc1cccc(C)c1. The first-order chi connectivity index (χ1) is 7.63. The van der Waals surface area contributed by atoms with Gasteiger partial charge in [0.25, 0.3) is 0 Å². The number of rotatable bonds is 5. The second-order valence-corrected chi connectivity index (χ2v) is 4.14. The molecule has 0 radical (unpaired) electrons. The van der Waals surface area contributed by atoms with Crippen molar-refractivity contribution in [3.05, 3.63) is 35.4 Å². The zero-order chi connectivity index (χ0) is 12.0. The highest BCUT2D eigenvalue weighted by atomic mass is 35.5. The lowest BCUT2D eigenvalue weighted by Gasteiger charge is -2.09. The normalized spacial score (nSPS) is 12.2. The van der Waals surface area contributed by atoms with Crippen LogP contribution in [0.1, 0.15) is 11.1 Å². The van der Waals surface area contributed by atoms with Crippen molar-refractivity contribution in [2.24, 2.45) is 0 Å². The Hall–Kier alpha value is -1.06. The molecule has 0 aromatic heterocycles. The first-order valence-electron chi connectivity index (χ1n) is 5.11. The van der Waals surface area contributed by atoms with Crippen molar-refractivity contribution in [2.45, 2.75) is 18.8 Å². The summed E-state index contributed by atoms with van der Waals surface area (Å²) in [5.41, 5.74) is 2.39. The molecule has 4 heteroatoms. The van der Waals surface area contributed by atoms with Crippen LogP contribution in [0.5, 0.6) is 0 Å². The minimum atomic E-state index is -0.630. The fourth-order valence-corrected chi connectivity index (χ4v) is 1.57. The van der Waals surface area contributed by atoms with Gasteiger partial charge in [-0.25, -0.2) is 0 Å². The summed E-state index contributed by atoms with van der Waals surface area (Å²) in [6.07, 6.45) is 0. The van der Waals surface area contributed by atoms with Crippen molar-refractivity contribution >= 4 is 17.6 Å². The minimum absolute atomic E-state index is 0.404. The van der Waals surface area contributed by atoms with Crippen molar-refractivity contribution in [3.8, 4) is 0 Å². The summed E-state index contributed by atoms with van der Waals surface area (Å²) in [6.45, 7) is 3.15. The first-order valence-corrected chi connectivity index (χ1v) is 5.55. The Labute approximate surface area is 101 Å². The predicted molar refractivity (Wildman–Crippen MR) is 64.5 cm³/mol. The first kappa shape index (κ1) is 13.0. The zero-order valence-electron chi connectivity index (χ0n) is 9.50. The van der Waals surface area contributed by atoms with Crippen LogP contribution in [-0.2, 0) is 16.1 Å². The molecule has 88 valence electrons. The molecule has 0 aliphatic carbocycles. The highest BCUT2D eigenvalue weighted by Crippen LogP contribution is 2.04. The van der Waals surface area contributed by atoms with Gasteiger partial charge >= 0.3 is 5.97 Å². The number of benzene rings is 1. The molecule has 0 saturated heterocycles. The average molecular weight is 242 g/mol. The third-order valence-electron chi connectivity index (χ3n) is 2.19. The van der Waals surface area contributed by atoms with E-state index in [9.17, 15) is 4.79 Å². The number of carbonyl (C=O) groups is 1. The minimum Gasteiger partial charge on any atom is -0.468 e. The van der Waals surface area contributed by atoms with Crippen LogP contribution in [0, 0.1) is 6.92 Å². The summed E-state index contributed by atoms with van der Waals surface area (Å²) in [4.78, 5) is 11.0. The van der Waals surface area contributed by atoms with E-state index in [0.717, 1.165) is 0 Å². The molecule has 0 bridgehead atoms. The van der Waals surface area contributed by atoms with Crippen LogP contribution in [0.4, 0.5) is 0 Å². The van der Waals surface area contributed by atoms with Crippen molar-refractivity contribution in [3.63, 3.8) is 0 Å². The Kier molecular flexibility index (Phi) is 5.29. The number of carbonyl (C=O) groups excluding carboxylic acids is 1. The summed E-state index contributed by atoms with van der Waals surface area (Å²) in [6, 6.07) is 8.17. The number of hydrogen-bond donors (Lipinski definition) is 1. The molecule has 16 heavy (non-hydrogen) atoms. The van der Waals surface area contributed by atoms with Gasteiger partial charge in [0.1, 0.15) is 5.38 Å². The molecule has 0 aliphatic heterocycles. The van der Waals surface area contributed by atoms with E-state index in [2.05, 4.69) is 16.1 Å². The molecule has 3 nitrogen and oxygen atoms in total. The van der Waals surface area contributed by atoms with Gasteiger partial charge in [0.05, 0.1) is 7.11 Å². The van der Waals surface area contributed by atoms with Crippen LogP contribution < -0.4 is 5.32 Å². The van der Waals surface area contributed by atoms with Gasteiger partial charge in [0.2, 0.25) is 0 Å². The molecule has 1 atom stereocenters. The number of alkyl halides is 1. The third-order valence-corrected chi connectivity index (χ3v) is 2.52. The summed E-state index contributed by atoms with van der Waals surface area (Å²) in [7, 11) is 1.33. The Morgan fingerprint density at radius 2 is 2.31 bits per heavy atom. The topological polar surface area (TPSA) is 38.3 Å². The van der Waals surface area contributed by atoms with Crippen LogP contribution in [0.2, 0.25) is 0 Å². The quantitative estimate of drug-likeness (QED) is 0.632. The molecule has 0 aliphatic rings. The number of halogens is 1. The van der Waals surface area contributed by atoms with Crippen molar-refractivity contribution in [1.29, 1.82) is 0 Å². The standard InChI is InChI=1S/C12H16ClNO2/c1-9-4-3-5-10(6-9)7-14-8-11(13)12(15)16-2/h3-6,11,14H,7-8H2,1-2H3. The van der Waals surface area contributed by atoms with Crippen LogP contribution >= 0.6 is 11.6 Å². The van der Waals surface area contributed by atoms with E-state index in [1.54, 1.807) is 0 Å². The summed E-state index contributed by atoms with van der Waals surface area (Å²) in [5, 5.41) is 2.48. The molecule has 0 fully saturated rings. The van der Waals surface area contributed by atoms with E-state index in [-0.39, 0.29) is 0 Å². The van der Waals surface area contributed by atoms with Gasteiger partial charge in [-0.05, 0) is 12.5 Å². The zero-order valence-corrected chi connectivity index (χ0v) is 10.3. The Balaban J connectivity index is 2.33. The maximum Gasteiger partial charge on any atom is 0.325 e. The molecule has 0 heterocycles. The molecule has 1 aromatic rings. The Bertz CT molecular complexity index is 355. The van der Waals surface area contributed by atoms with Crippen molar-refractivity contribution in [1.82, 2.24) is 5.32 Å². The van der Waals surface area contributed by atoms with Crippen LogP contribution in [-0.4, -0.2) is 25.0 Å². The lowest BCUT2D eigenvalue weighted by Crippen LogP contribution is -2.29. The van der Waals surface area contributed by atoms with Gasteiger partial charge < -0.3 is 10.1 Å². The second kappa shape index (κ2) is 6.51. The molecular weight excluding hydrogens is 226 g/mol. The van der Waals surface area contributed by atoms with Gasteiger partial charge in [-0.3, -0.25) is 4.79 Å². The third kappa shape index (κ3) is 4.21. The van der Waals surface area contributed by atoms with Gasteiger partial charge in [-0.2, -0.15) is 0 Å². The number of aryl methyl sites for hydroxylation is 1. The van der Waals surface area contributed by atoms with Crippen LogP contribution in [0.25, 0.3) is 0 Å². The maximum atomic E-state index is 11.0. The largest absolute Gasteiger partial charge is 0.468 e. The molecule has 1 aromatic carbocycles. The van der Waals surface area contributed by atoms with E-state index in [0.29, 0.717) is 13.1 Å². The monoisotopic (exact) mass is 241 g/mol. The number of hydrogen-bond acceptors (Lipinski definition) is 3. The molecule has 1 rings (SSSR count). The van der Waals surface area contributed by atoms with Crippen LogP contribution in [0.3, 0.4) is 0 Å². The summed E-state index contributed by atoms with van der Waals surface area (Å²) in [5.74, 6) is -0.404. The van der Waals surface area contributed by atoms with E-state index in [1.165, 1.54) is 18.2 Å². The van der Waals surface area contributed by atoms with Crippen molar-refractivity contribution < 1.29 is 9.53 Å². The molecule has 0 amide bonds. The highest BCUT2D eigenvalue weighted by Gasteiger charge is 2.14. The van der Waals surface area contributed by atoms with Gasteiger partial charge in [-0.1, -0.05) is 29.8 Å². The molecular formula is C12H16ClNO2. The summed E-state index contributed by atoms with van der Waals surface area (Å²) < 4.78 is 4.52.